The maximum Gasteiger partial charge on any atom is 0.338 e. The molecule has 32 heavy (non-hydrogen) atoms. The van der Waals surface area contributed by atoms with Crippen molar-refractivity contribution in [1.82, 2.24) is 0 Å². The van der Waals surface area contributed by atoms with Crippen LogP contribution in [0, 0.1) is 0 Å². The van der Waals surface area contributed by atoms with Crippen LogP contribution in [0.2, 0.25) is 0 Å². The smallest absolute Gasteiger partial charge is 0.338 e. The van der Waals surface area contributed by atoms with Crippen LogP contribution in [-0.2, 0) is 19.6 Å². The summed E-state index contributed by atoms with van der Waals surface area (Å²) in [6.45, 7) is 0. The van der Waals surface area contributed by atoms with Gasteiger partial charge in [-0.25, -0.2) is 18.0 Å². The minimum atomic E-state index is -5.04. The SMILES string of the molecule is O=C(OC1CC(O)CC(O)C1)c1cc(C(=O)OC2CC(O)CC(O)C2)cc(S(=O)(=O)[O-])c1. The maximum absolute atomic E-state index is 12.6. The maximum atomic E-state index is 12.6. The molecule has 0 heterocycles. The van der Waals surface area contributed by atoms with Crippen LogP contribution in [0.4, 0.5) is 0 Å². The zero-order chi connectivity index (χ0) is 23.6. The van der Waals surface area contributed by atoms with Crippen molar-refractivity contribution in [3.05, 3.63) is 29.3 Å². The quantitative estimate of drug-likeness (QED) is 0.317. The zero-order valence-corrected chi connectivity index (χ0v) is 17.8. The summed E-state index contributed by atoms with van der Waals surface area (Å²) in [7, 11) is -5.04. The van der Waals surface area contributed by atoms with E-state index in [9.17, 15) is 43.0 Å². The highest BCUT2D eigenvalue weighted by Crippen LogP contribution is 2.26. The van der Waals surface area contributed by atoms with Crippen LogP contribution in [0.3, 0.4) is 0 Å². The van der Waals surface area contributed by atoms with Gasteiger partial charge in [-0.1, -0.05) is 0 Å². The average molecular weight is 473 g/mol. The second-order valence-electron chi connectivity index (χ2n) is 8.28. The molecule has 0 aromatic heterocycles. The van der Waals surface area contributed by atoms with Crippen LogP contribution in [0.25, 0.3) is 0 Å². The Kier molecular flexibility index (Phi) is 7.53. The Bertz CT molecular complexity index is 882. The Labute approximate surface area is 184 Å². The number of hydrogen-bond acceptors (Lipinski definition) is 11. The lowest BCUT2D eigenvalue weighted by Crippen LogP contribution is -2.36. The molecule has 12 heteroatoms. The molecule has 0 saturated heterocycles. The second-order valence-corrected chi connectivity index (χ2v) is 9.66. The summed E-state index contributed by atoms with van der Waals surface area (Å²) in [5.74, 6) is -2.08. The van der Waals surface area contributed by atoms with E-state index in [4.69, 9.17) is 9.47 Å². The van der Waals surface area contributed by atoms with E-state index < -0.39 is 74.7 Å². The van der Waals surface area contributed by atoms with Crippen molar-refractivity contribution in [2.45, 2.75) is 80.0 Å². The van der Waals surface area contributed by atoms with Crippen LogP contribution in [-0.4, -0.2) is 82.0 Å². The molecule has 0 amide bonds. The molecule has 11 nitrogen and oxygen atoms in total. The number of hydrogen-bond donors (Lipinski definition) is 4. The predicted molar refractivity (Wildman–Crippen MR) is 105 cm³/mol. The van der Waals surface area contributed by atoms with E-state index in [1.54, 1.807) is 0 Å². The number of ether oxygens (including phenoxy) is 2. The first-order valence-corrected chi connectivity index (χ1v) is 11.6. The summed E-state index contributed by atoms with van der Waals surface area (Å²) < 4.78 is 45.1. The van der Waals surface area contributed by atoms with Crippen LogP contribution < -0.4 is 0 Å². The topological polar surface area (TPSA) is 191 Å². The standard InChI is InChI=1S/C20H26O11S/c21-12-4-13(22)7-16(6-12)30-19(25)10-1-11(3-18(2-10)32(27,28)29)20(26)31-17-8-14(23)5-15(24)9-17/h1-3,12-17,21-24H,4-9H2,(H,27,28,29)/p-1. The minimum Gasteiger partial charge on any atom is -0.744 e. The summed E-state index contributed by atoms with van der Waals surface area (Å²) in [5, 5.41) is 38.9. The van der Waals surface area contributed by atoms with E-state index in [-0.39, 0.29) is 38.5 Å². The van der Waals surface area contributed by atoms with E-state index in [0.717, 1.165) is 18.2 Å². The molecule has 0 aliphatic heterocycles. The fraction of sp³-hybridized carbons (Fsp3) is 0.600. The fourth-order valence-corrected chi connectivity index (χ4v) is 4.57. The second kappa shape index (κ2) is 9.81. The van der Waals surface area contributed by atoms with Crippen LogP contribution in [0.15, 0.2) is 23.1 Å². The van der Waals surface area contributed by atoms with Crippen molar-refractivity contribution in [1.29, 1.82) is 0 Å². The number of esters is 2. The first-order valence-electron chi connectivity index (χ1n) is 10.2. The Morgan fingerprint density at radius 1 is 0.719 bits per heavy atom. The van der Waals surface area contributed by atoms with Gasteiger partial charge in [-0.05, 0) is 31.0 Å². The van der Waals surface area contributed by atoms with Gasteiger partial charge >= 0.3 is 11.9 Å². The van der Waals surface area contributed by atoms with Gasteiger partial charge in [-0.2, -0.15) is 0 Å². The molecule has 1 aromatic rings. The van der Waals surface area contributed by atoms with Gasteiger partial charge in [0, 0.05) is 25.7 Å². The minimum absolute atomic E-state index is 0.0730. The highest BCUT2D eigenvalue weighted by molar-refractivity contribution is 7.85. The molecule has 4 N–H and O–H groups in total. The predicted octanol–water partition coefficient (Wildman–Crippen LogP) is -0.547. The Hall–Kier alpha value is -2.09. The van der Waals surface area contributed by atoms with E-state index in [1.165, 1.54) is 0 Å². The van der Waals surface area contributed by atoms with E-state index >= 15 is 0 Å². The number of rotatable bonds is 5. The third kappa shape index (κ3) is 6.47. The zero-order valence-electron chi connectivity index (χ0n) is 17.0. The van der Waals surface area contributed by atoms with Gasteiger partial charge in [0.2, 0.25) is 0 Å². The molecule has 0 radical (unpaired) electrons. The lowest BCUT2D eigenvalue weighted by atomic mass is 9.92. The summed E-state index contributed by atoms with van der Waals surface area (Å²) in [6.07, 6.45) is -4.62. The van der Waals surface area contributed by atoms with Crippen LogP contribution >= 0.6 is 0 Å². The van der Waals surface area contributed by atoms with Crippen molar-refractivity contribution in [3.63, 3.8) is 0 Å². The van der Waals surface area contributed by atoms with Gasteiger partial charge in [0.15, 0.2) is 0 Å². The van der Waals surface area contributed by atoms with Crippen molar-refractivity contribution >= 4 is 22.1 Å². The molecule has 4 unspecified atom stereocenters. The molecule has 0 bridgehead atoms. The Balaban J connectivity index is 1.81. The number of carbonyl (C=O) groups is 2. The first-order chi connectivity index (χ1) is 14.9. The number of carbonyl (C=O) groups excluding carboxylic acids is 2. The summed E-state index contributed by atoms with van der Waals surface area (Å²) in [6, 6.07) is 2.54. The average Bonchev–Trinajstić information content (AvgIpc) is 2.65. The molecule has 2 fully saturated rings. The van der Waals surface area contributed by atoms with Gasteiger partial charge in [0.05, 0.1) is 40.4 Å². The third-order valence-electron chi connectivity index (χ3n) is 5.44. The summed E-state index contributed by atoms with van der Waals surface area (Å²) >= 11 is 0. The monoisotopic (exact) mass is 473 g/mol. The van der Waals surface area contributed by atoms with Crippen LogP contribution in [0.5, 0.6) is 0 Å². The Morgan fingerprint density at radius 2 is 1.06 bits per heavy atom. The molecule has 2 aliphatic carbocycles. The lowest BCUT2D eigenvalue weighted by molar-refractivity contribution is -0.0416. The molecule has 2 saturated carbocycles. The molecular formula is C20H25O11S-. The van der Waals surface area contributed by atoms with Crippen molar-refractivity contribution < 1.29 is 52.5 Å². The van der Waals surface area contributed by atoms with Gasteiger partial charge in [-0.15, -0.1) is 0 Å². The molecular weight excluding hydrogens is 448 g/mol. The molecule has 0 spiro atoms. The normalized spacial score (nSPS) is 31.0. The lowest BCUT2D eigenvalue weighted by Gasteiger charge is -2.29. The molecule has 3 rings (SSSR count). The number of benzene rings is 1. The van der Waals surface area contributed by atoms with Crippen LogP contribution in [0.1, 0.15) is 59.2 Å². The van der Waals surface area contributed by atoms with E-state index in [1.807, 2.05) is 0 Å². The summed E-state index contributed by atoms with van der Waals surface area (Å²) in [5.41, 5.74) is -0.792. The van der Waals surface area contributed by atoms with Crippen molar-refractivity contribution in [2.24, 2.45) is 0 Å². The Morgan fingerprint density at radius 3 is 1.38 bits per heavy atom. The largest absolute Gasteiger partial charge is 0.744 e. The number of aliphatic hydroxyl groups excluding tert-OH is 4. The molecule has 2 aliphatic rings. The number of aliphatic hydroxyl groups is 4. The molecule has 4 atom stereocenters. The van der Waals surface area contributed by atoms with E-state index in [0.29, 0.717) is 0 Å². The van der Waals surface area contributed by atoms with Gasteiger partial charge in [0.25, 0.3) is 0 Å². The third-order valence-corrected chi connectivity index (χ3v) is 6.26. The fourth-order valence-electron chi connectivity index (χ4n) is 4.03. The van der Waals surface area contributed by atoms with Gasteiger partial charge in [0.1, 0.15) is 22.3 Å². The van der Waals surface area contributed by atoms with Gasteiger partial charge < -0.3 is 34.5 Å². The first kappa shape index (κ1) is 24.6. The molecule has 1 aromatic carbocycles. The van der Waals surface area contributed by atoms with E-state index in [2.05, 4.69) is 0 Å². The molecule has 178 valence electrons. The van der Waals surface area contributed by atoms with Gasteiger partial charge in [-0.3, -0.25) is 0 Å². The highest BCUT2D eigenvalue weighted by atomic mass is 32.2. The van der Waals surface area contributed by atoms with Crippen molar-refractivity contribution in [3.8, 4) is 0 Å². The summed E-state index contributed by atoms with van der Waals surface area (Å²) in [4.78, 5) is 24.3. The van der Waals surface area contributed by atoms with Crippen molar-refractivity contribution in [2.75, 3.05) is 0 Å². The highest BCUT2D eigenvalue weighted by Gasteiger charge is 2.31.